The fourth-order valence-corrected chi connectivity index (χ4v) is 5.64. The second kappa shape index (κ2) is 17.0. The number of nitrogen functional groups attached to an aromatic ring is 1. The smallest absolute Gasteiger partial charge is 0.232 e. The molecule has 4 aromatic carbocycles. The summed E-state index contributed by atoms with van der Waals surface area (Å²) in [4.78, 5) is 30.1. The maximum absolute atomic E-state index is 13.3. The average Bonchev–Trinajstić information content (AvgIpc) is 3.11. The Bertz CT molecular complexity index is 1710. The Morgan fingerprint density at radius 1 is 0.708 bits per heavy atom. The van der Waals surface area contributed by atoms with Gasteiger partial charge in [-0.15, -0.1) is 0 Å². The number of nitrogens with two attached hydrogens (primary N) is 1. The van der Waals surface area contributed by atoms with Crippen LogP contribution in [-0.2, 0) is 35.5 Å². The minimum Gasteiger partial charge on any atom is -0.387 e. The minimum atomic E-state index is -0.676. The first-order valence-electron chi connectivity index (χ1n) is 16.3. The van der Waals surface area contributed by atoms with Crippen LogP contribution in [0.25, 0.3) is 0 Å². The Balaban J connectivity index is 1.06. The second-order valence-corrected chi connectivity index (χ2v) is 12.1. The molecule has 0 bridgehead atoms. The molecule has 6 N–H and O–H groups in total. The van der Waals surface area contributed by atoms with Crippen molar-refractivity contribution >= 4 is 17.6 Å². The van der Waals surface area contributed by atoms with Crippen LogP contribution in [-0.4, -0.2) is 34.5 Å². The lowest BCUT2D eigenvalue weighted by Crippen LogP contribution is -2.32. The summed E-state index contributed by atoms with van der Waals surface area (Å²) >= 11 is 0. The number of benzene rings is 4. The van der Waals surface area contributed by atoms with Gasteiger partial charge < -0.3 is 26.8 Å². The standard InChI is InChI=1S/C40H43N5O3/c1-28(42-27-36(46)35-19-20-37(41)43-26-35)21-31-9-8-10-32(22-31)23-38(47)44-24-29-15-17-30(18-16-29)25-45-40(48)39(33-11-4-2-5-12-33)34-13-6-3-7-14-34/h2-20,22,26,28,36,39,42,46H,21,23-25,27H2,1H3,(H2,41,43)(H,44,47)(H,45,48). The predicted octanol–water partition coefficient (Wildman–Crippen LogP) is 5.23. The lowest BCUT2D eigenvalue weighted by atomic mass is 9.90. The number of nitrogens with one attached hydrogen (secondary N) is 3. The first-order valence-corrected chi connectivity index (χ1v) is 16.3. The van der Waals surface area contributed by atoms with Gasteiger partial charge in [0.2, 0.25) is 11.8 Å². The van der Waals surface area contributed by atoms with Gasteiger partial charge in [-0.05, 0) is 52.8 Å². The SMILES string of the molecule is CC(Cc1cccc(CC(=O)NCc2ccc(CNC(=O)C(c3ccccc3)c3ccccc3)cc2)c1)NCC(O)c1ccc(N)nc1. The molecule has 2 amide bonds. The summed E-state index contributed by atoms with van der Waals surface area (Å²) in [5.41, 5.74) is 12.3. The van der Waals surface area contributed by atoms with Crippen LogP contribution in [0, 0.1) is 0 Å². The quantitative estimate of drug-likeness (QED) is 0.107. The molecule has 5 aromatic rings. The molecule has 0 saturated carbocycles. The maximum atomic E-state index is 13.3. The maximum Gasteiger partial charge on any atom is 0.232 e. The number of carbonyl (C=O) groups excluding carboxylic acids is 2. The molecule has 2 unspecified atom stereocenters. The molecule has 246 valence electrons. The van der Waals surface area contributed by atoms with Gasteiger partial charge in [-0.2, -0.15) is 0 Å². The number of hydrogen-bond donors (Lipinski definition) is 5. The fourth-order valence-electron chi connectivity index (χ4n) is 5.64. The van der Waals surface area contributed by atoms with Crippen molar-refractivity contribution in [1.82, 2.24) is 20.9 Å². The molecule has 2 atom stereocenters. The lowest BCUT2D eigenvalue weighted by Gasteiger charge is -2.18. The molecule has 1 heterocycles. The number of pyridine rings is 1. The molecule has 48 heavy (non-hydrogen) atoms. The number of carbonyl (C=O) groups is 2. The Morgan fingerprint density at radius 3 is 1.92 bits per heavy atom. The van der Waals surface area contributed by atoms with Gasteiger partial charge in [0.15, 0.2) is 0 Å². The molecule has 0 aliphatic rings. The first kappa shape index (κ1) is 34.0. The van der Waals surface area contributed by atoms with Gasteiger partial charge in [0, 0.05) is 37.4 Å². The molecule has 0 radical (unpaired) electrons. The van der Waals surface area contributed by atoms with Crippen molar-refractivity contribution < 1.29 is 14.7 Å². The molecule has 1 aromatic heterocycles. The predicted molar refractivity (Wildman–Crippen MR) is 190 cm³/mol. The summed E-state index contributed by atoms with van der Waals surface area (Å²) < 4.78 is 0. The summed E-state index contributed by atoms with van der Waals surface area (Å²) in [7, 11) is 0. The van der Waals surface area contributed by atoms with Crippen LogP contribution in [0.1, 0.15) is 57.9 Å². The summed E-state index contributed by atoms with van der Waals surface area (Å²) in [6.07, 6.45) is 1.96. The third kappa shape index (κ3) is 10.1. The van der Waals surface area contributed by atoms with E-state index in [4.69, 9.17) is 5.73 Å². The number of aliphatic hydroxyl groups excluding tert-OH is 1. The van der Waals surface area contributed by atoms with Crippen molar-refractivity contribution in [2.24, 2.45) is 0 Å². The van der Waals surface area contributed by atoms with Crippen LogP contribution < -0.4 is 21.7 Å². The van der Waals surface area contributed by atoms with Crippen LogP contribution in [0.3, 0.4) is 0 Å². The summed E-state index contributed by atoms with van der Waals surface area (Å²) in [5.74, 6) is -0.0706. The molecule has 0 aliphatic carbocycles. The van der Waals surface area contributed by atoms with E-state index >= 15 is 0 Å². The van der Waals surface area contributed by atoms with Gasteiger partial charge in [0.1, 0.15) is 5.82 Å². The van der Waals surface area contributed by atoms with E-state index in [0.29, 0.717) is 31.0 Å². The monoisotopic (exact) mass is 641 g/mol. The number of aliphatic hydroxyl groups is 1. The molecule has 0 aliphatic heterocycles. The molecule has 0 fully saturated rings. The number of amides is 2. The fraction of sp³-hybridized carbons (Fsp3) is 0.225. The topological polar surface area (TPSA) is 129 Å². The highest BCUT2D eigenvalue weighted by Crippen LogP contribution is 2.25. The number of anilines is 1. The Kier molecular flexibility index (Phi) is 12.1. The lowest BCUT2D eigenvalue weighted by molar-refractivity contribution is -0.122. The van der Waals surface area contributed by atoms with Crippen molar-refractivity contribution in [3.05, 3.63) is 166 Å². The summed E-state index contributed by atoms with van der Waals surface area (Å²) in [6.45, 7) is 3.29. The van der Waals surface area contributed by atoms with E-state index < -0.39 is 6.10 Å². The summed E-state index contributed by atoms with van der Waals surface area (Å²) in [6, 6.07) is 39.1. The molecule has 8 nitrogen and oxygen atoms in total. The van der Waals surface area contributed by atoms with Crippen molar-refractivity contribution in [3.8, 4) is 0 Å². The third-order valence-electron chi connectivity index (χ3n) is 8.26. The summed E-state index contributed by atoms with van der Waals surface area (Å²) in [5, 5.41) is 19.9. The highest BCUT2D eigenvalue weighted by molar-refractivity contribution is 5.87. The average molecular weight is 642 g/mol. The van der Waals surface area contributed by atoms with E-state index in [9.17, 15) is 14.7 Å². The highest BCUT2D eigenvalue weighted by Gasteiger charge is 2.22. The number of rotatable bonds is 15. The Hall–Kier alpha value is -5.31. The number of aromatic nitrogens is 1. The minimum absolute atomic E-state index is 0.0514. The van der Waals surface area contributed by atoms with Crippen LogP contribution in [0.5, 0.6) is 0 Å². The van der Waals surface area contributed by atoms with Crippen molar-refractivity contribution in [2.45, 2.75) is 50.9 Å². The van der Waals surface area contributed by atoms with E-state index in [1.165, 1.54) is 0 Å². The van der Waals surface area contributed by atoms with Gasteiger partial charge in [-0.25, -0.2) is 4.98 Å². The van der Waals surface area contributed by atoms with Gasteiger partial charge in [0.05, 0.1) is 18.4 Å². The first-order chi connectivity index (χ1) is 23.3. The highest BCUT2D eigenvalue weighted by atomic mass is 16.3. The van der Waals surface area contributed by atoms with Crippen LogP contribution in [0.15, 0.2) is 128 Å². The van der Waals surface area contributed by atoms with E-state index in [0.717, 1.165) is 39.8 Å². The van der Waals surface area contributed by atoms with Crippen molar-refractivity contribution in [3.63, 3.8) is 0 Å². The Labute approximate surface area is 282 Å². The zero-order valence-corrected chi connectivity index (χ0v) is 27.2. The zero-order chi connectivity index (χ0) is 33.7. The molecule has 5 rings (SSSR count). The number of hydrogen-bond acceptors (Lipinski definition) is 6. The largest absolute Gasteiger partial charge is 0.387 e. The van der Waals surface area contributed by atoms with Gasteiger partial charge in [0.25, 0.3) is 0 Å². The van der Waals surface area contributed by atoms with Gasteiger partial charge in [-0.1, -0.05) is 115 Å². The van der Waals surface area contributed by atoms with Gasteiger partial charge >= 0.3 is 0 Å². The molecular formula is C40H43N5O3. The Morgan fingerprint density at radius 2 is 1.31 bits per heavy atom. The normalized spacial score (nSPS) is 12.3. The van der Waals surface area contributed by atoms with Gasteiger partial charge in [-0.3, -0.25) is 9.59 Å². The van der Waals surface area contributed by atoms with E-state index in [1.54, 1.807) is 18.3 Å². The molecule has 8 heteroatoms. The van der Waals surface area contributed by atoms with Crippen molar-refractivity contribution in [2.75, 3.05) is 12.3 Å². The van der Waals surface area contributed by atoms with E-state index in [2.05, 4.69) is 33.9 Å². The molecular weight excluding hydrogens is 598 g/mol. The van der Waals surface area contributed by atoms with Crippen LogP contribution >= 0.6 is 0 Å². The van der Waals surface area contributed by atoms with Crippen molar-refractivity contribution in [1.29, 1.82) is 0 Å². The zero-order valence-electron chi connectivity index (χ0n) is 27.2. The number of nitrogens with zero attached hydrogens (tertiary/aromatic N) is 1. The van der Waals surface area contributed by atoms with E-state index in [1.807, 2.05) is 103 Å². The van der Waals surface area contributed by atoms with Crippen LogP contribution in [0.4, 0.5) is 5.82 Å². The van der Waals surface area contributed by atoms with E-state index in [-0.39, 0.29) is 30.2 Å². The molecule has 0 spiro atoms. The second-order valence-electron chi connectivity index (χ2n) is 12.1. The third-order valence-corrected chi connectivity index (χ3v) is 8.26. The molecule has 0 saturated heterocycles. The van der Waals surface area contributed by atoms with Crippen LogP contribution in [0.2, 0.25) is 0 Å².